The first-order valence-electron chi connectivity index (χ1n) is 6.76. The van der Waals surface area contributed by atoms with Gasteiger partial charge in [-0.1, -0.05) is 19.1 Å². The highest BCUT2D eigenvalue weighted by Crippen LogP contribution is 2.47. The van der Waals surface area contributed by atoms with Crippen LogP contribution in [0.2, 0.25) is 0 Å². The van der Waals surface area contributed by atoms with E-state index in [1.165, 1.54) is 18.4 Å². The highest BCUT2D eigenvalue weighted by atomic mass is 16.1. The molecule has 3 nitrogen and oxygen atoms in total. The van der Waals surface area contributed by atoms with Crippen LogP contribution in [0.1, 0.15) is 42.1 Å². The van der Waals surface area contributed by atoms with Crippen LogP contribution < -0.4 is 11.1 Å². The molecule has 18 heavy (non-hydrogen) atoms. The van der Waals surface area contributed by atoms with Gasteiger partial charge in [0.25, 0.3) is 5.91 Å². The van der Waals surface area contributed by atoms with Gasteiger partial charge in [0.1, 0.15) is 0 Å². The maximum Gasteiger partial charge on any atom is 0.251 e. The second-order valence-electron chi connectivity index (χ2n) is 5.27. The van der Waals surface area contributed by atoms with E-state index in [2.05, 4.69) is 12.2 Å². The van der Waals surface area contributed by atoms with Gasteiger partial charge in [-0.3, -0.25) is 4.79 Å². The van der Waals surface area contributed by atoms with Crippen LogP contribution in [0, 0.1) is 5.41 Å². The van der Waals surface area contributed by atoms with E-state index in [0.717, 1.165) is 24.9 Å². The number of carbonyl (C=O) groups excluding carboxylic acids is 1. The molecule has 0 unspecified atom stereocenters. The van der Waals surface area contributed by atoms with Crippen molar-refractivity contribution < 1.29 is 4.79 Å². The summed E-state index contributed by atoms with van der Waals surface area (Å²) in [6.07, 6.45) is 4.52. The molecular weight excluding hydrogens is 224 g/mol. The van der Waals surface area contributed by atoms with Crippen molar-refractivity contribution >= 4 is 5.91 Å². The molecular formula is C15H22N2O. The van der Waals surface area contributed by atoms with E-state index in [-0.39, 0.29) is 5.91 Å². The smallest absolute Gasteiger partial charge is 0.251 e. The molecule has 0 bridgehead atoms. The van der Waals surface area contributed by atoms with Gasteiger partial charge < -0.3 is 11.1 Å². The minimum absolute atomic E-state index is 0.0361. The van der Waals surface area contributed by atoms with Crippen LogP contribution in [-0.2, 0) is 6.42 Å². The average molecular weight is 246 g/mol. The number of carbonyl (C=O) groups is 1. The third kappa shape index (κ3) is 3.10. The Bertz CT molecular complexity index is 407. The molecule has 0 atom stereocenters. The van der Waals surface area contributed by atoms with Gasteiger partial charge in [0.15, 0.2) is 0 Å². The lowest BCUT2D eigenvalue weighted by Crippen LogP contribution is -2.29. The fourth-order valence-electron chi connectivity index (χ4n) is 2.19. The Labute approximate surface area is 109 Å². The molecule has 1 amide bonds. The molecule has 0 radical (unpaired) electrons. The zero-order valence-electron chi connectivity index (χ0n) is 11.0. The van der Waals surface area contributed by atoms with Gasteiger partial charge in [-0.05, 0) is 55.3 Å². The summed E-state index contributed by atoms with van der Waals surface area (Å²) >= 11 is 0. The highest BCUT2D eigenvalue weighted by Gasteiger charge is 2.40. The first kappa shape index (κ1) is 13.1. The lowest BCUT2D eigenvalue weighted by atomic mass is 10.0. The number of hydrogen-bond donors (Lipinski definition) is 2. The van der Waals surface area contributed by atoms with Crippen LogP contribution in [0.3, 0.4) is 0 Å². The van der Waals surface area contributed by atoms with Crippen LogP contribution in [0.25, 0.3) is 0 Å². The minimum atomic E-state index is 0.0361. The van der Waals surface area contributed by atoms with Gasteiger partial charge >= 0.3 is 0 Å². The highest BCUT2D eigenvalue weighted by molar-refractivity contribution is 5.94. The van der Waals surface area contributed by atoms with Crippen molar-refractivity contribution in [1.82, 2.24) is 5.32 Å². The number of amides is 1. The maximum atomic E-state index is 12.0. The van der Waals surface area contributed by atoms with E-state index < -0.39 is 0 Å². The minimum Gasteiger partial charge on any atom is -0.351 e. The number of nitrogens with two attached hydrogens (primary N) is 1. The van der Waals surface area contributed by atoms with Crippen molar-refractivity contribution in [3.8, 4) is 0 Å². The first-order valence-corrected chi connectivity index (χ1v) is 6.76. The summed E-state index contributed by atoms with van der Waals surface area (Å²) < 4.78 is 0. The molecule has 2 rings (SSSR count). The lowest BCUT2D eigenvalue weighted by molar-refractivity contribution is 0.0944. The molecule has 1 aromatic rings. The fourth-order valence-corrected chi connectivity index (χ4v) is 2.19. The number of hydrogen-bond acceptors (Lipinski definition) is 2. The molecule has 0 heterocycles. The summed E-state index contributed by atoms with van der Waals surface area (Å²) in [6.45, 7) is 3.65. The molecule has 3 heteroatoms. The molecule has 98 valence electrons. The molecule has 1 saturated carbocycles. The normalized spacial score (nSPS) is 16.3. The summed E-state index contributed by atoms with van der Waals surface area (Å²) in [4.78, 5) is 12.0. The van der Waals surface area contributed by atoms with E-state index in [4.69, 9.17) is 5.73 Å². The largest absolute Gasteiger partial charge is 0.351 e. The van der Waals surface area contributed by atoms with Crippen molar-refractivity contribution in [2.75, 3.05) is 13.1 Å². The lowest BCUT2D eigenvalue weighted by Gasteiger charge is -2.13. The molecule has 1 aromatic carbocycles. The third-order valence-electron chi connectivity index (χ3n) is 3.98. The zero-order chi connectivity index (χ0) is 13.0. The molecule has 1 fully saturated rings. The Morgan fingerprint density at radius 3 is 2.50 bits per heavy atom. The van der Waals surface area contributed by atoms with Crippen LogP contribution in [-0.4, -0.2) is 19.0 Å². The predicted molar refractivity (Wildman–Crippen MR) is 73.5 cm³/mol. The van der Waals surface area contributed by atoms with Crippen LogP contribution in [0.5, 0.6) is 0 Å². The Hall–Kier alpha value is -1.35. The van der Waals surface area contributed by atoms with Gasteiger partial charge in [-0.15, -0.1) is 0 Å². The monoisotopic (exact) mass is 246 g/mol. The van der Waals surface area contributed by atoms with Crippen molar-refractivity contribution in [3.05, 3.63) is 35.4 Å². The summed E-state index contributed by atoms with van der Waals surface area (Å²) in [5, 5.41) is 3.04. The van der Waals surface area contributed by atoms with Crippen molar-refractivity contribution in [1.29, 1.82) is 0 Å². The van der Waals surface area contributed by atoms with Crippen LogP contribution in [0.4, 0.5) is 0 Å². The Kier molecular flexibility index (Phi) is 4.02. The van der Waals surface area contributed by atoms with E-state index in [9.17, 15) is 4.79 Å². The number of benzene rings is 1. The number of rotatable bonds is 6. The van der Waals surface area contributed by atoms with E-state index >= 15 is 0 Å². The van der Waals surface area contributed by atoms with Crippen LogP contribution in [0.15, 0.2) is 24.3 Å². The van der Waals surface area contributed by atoms with Crippen molar-refractivity contribution in [2.45, 2.75) is 32.6 Å². The topological polar surface area (TPSA) is 55.1 Å². The summed E-state index contributed by atoms with van der Waals surface area (Å²) in [5.41, 5.74) is 7.82. The molecule has 0 aromatic heterocycles. The fraction of sp³-hybridized carbons (Fsp3) is 0.533. The SMILES string of the molecule is CCC1(CNC(=O)c2ccc(CCN)cc2)CC1. The summed E-state index contributed by atoms with van der Waals surface area (Å²) in [6, 6.07) is 7.72. The molecule has 1 aliphatic rings. The second kappa shape index (κ2) is 5.53. The quantitative estimate of drug-likeness (QED) is 0.807. The molecule has 3 N–H and O–H groups in total. The molecule has 0 spiro atoms. The van der Waals surface area contributed by atoms with E-state index in [1.54, 1.807) is 0 Å². The molecule has 0 aliphatic heterocycles. The maximum absolute atomic E-state index is 12.0. The standard InChI is InChI=1S/C15H22N2O/c1-2-15(8-9-15)11-17-14(18)13-5-3-12(4-6-13)7-10-16/h3-6H,2,7-11,16H2,1H3,(H,17,18). The number of nitrogens with one attached hydrogen (secondary N) is 1. The van der Waals surface area contributed by atoms with Gasteiger partial charge in [0, 0.05) is 12.1 Å². The molecule has 1 aliphatic carbocycles. The van der Waals surface area contributed by atoms with Gasteiger partial charge in [0.2, 0.25) is 0 Å². The predicted octanol–water partition coefficient (Wildman–Crippen LogP) is 2.11. The van der Waals surface area contributed by atoms with Gasteiger partial charge in [0.05, 0.1) is 0 Å². The van der Waals surface area contributed by atoms with Crippen molar-refractivity contribution in [3.63, 3.8) is 0 Å². The second-order valence-corrected chi connectivity index (χ2v) is 5.27. The summed E-state index contributed by atoms with van der Waals surface area (Å²) in [5.74, 6) is 0.0361. The Morgan fingerprint density at radius 2 is 2.00 bits per heavy atom. The summed E-state index contributed by atoms with van der Waals surface area (Å²) in [7, 11) is 0. The van der Waals surface area contributed by atoms with Crippen LogP contribution >= 0.6 is 0 Å². The Morgan fingerprint density at radius 1 is 1.33 bits per heavy atom. The first-order chi connectivity index (χ1) is 8.69. The third-order valence-corrected chi connectivity index (χ3v) is 3.98. The van der Waals surface area contributed by atoms with Crippen molar-refractivity contribution in [2.24, 2.45) is 11.1 Å². The molecule has 0 saturated heterocycles. The average Bonchev–Trinajstić information content (AvgIpc) is 3.18. The van der Waals surface area contributed by atoms with Gasteiger partial charge in [-0.25, -0.2) is 0 Å². The zero-order valence-corrected chi connectivity index (χ0v) is 11.0. The van der Waals surface area contributed by atoms with E-state index in [1.807, 2.05) is 24.3 Å². The Balaban J connectivity index is 1.88. The van der Waals surface area contributed by atoms with Gasteiger partial charge in [-0.2, -0.15) is 0 Å². The van der Waals surface area contributed by atoms with E-state index in [0.29, 0.717) is 12.0 Å².